The van der Waals surface area contributed by atoms with Gasteiger partial charge in [0.25, 0.3) is 0 Å². The zero-order valence-electron chi connectivity index (χ0n) is 17.0. The van der Waals surface area contributed by atoms with E-state index in [-0.39, 0.29) is 17.9 Å². The molecule has 1 aromatic heterocycles. The predicted octanol–water partition coefficient (Wildman–Crippen LogP) is 3.29. The minimum absolute atomic E-state index is 0.0985. The average Bonchev–Trinajstić information content (AvgIpc) is 2.59. The van der Waals surface area contributed by atoms with Crippen molar-refractivity contribution in [1.29, 1.82) is 0 Å². The van der Waals surface area contributed by atoms with Crippen molar-refractivity contribution in [3.8, 4) is 0 Å². The first-order valence-corrected chi connectivity index (χ1v) is 9.60. The molecule has 0 bridgehead atoms. The van der Waals surface area contributed by atoms with E-state index in [1.165, 1.54) is 4.90 Å². The molecule has 0 spiro atoms. The Hall–Kier alpha value is -2.31. The summed E-state index contributed by atoms with van der Waals surface area (Å²) in [6.07, 6.45) is 2.33. The number of hydrogen-bond donors (Lipinski definition) is 2. The highest BCUT2D eigenvalue weighted by Crippen LogP contribution is 2.25. The second-order valence-corrected chi connectivity index (χ2v) is 8.47. The van der Waals surface area contributed by atoms with Crippen LogP contribution in [0.2, 0.25) is 0 Å². The van der Waals surface area contributed by atoms with E-state index in [1.54, 1.807) is 6.20 Å². The molecule has 0 radical (unpaired) electrons. The fourth-order valence-corrected chi connectivity index (χ4v) is 3.61. The highest BCUT2D eigenvalue weighted by molar-refractivity contribution is 5.86. The predicted molar refractivity (Wildman–Crippen MR) is 106 cm³/mol. The van der Waals surface area contributed by atoms with Crippen LogP contribution >= 0.6 is 0 Å². The normalized spacial score (nSPS) is 16.9. The minimum atomic E-state index is -1.05. The standard InChI is InChI=1S/C20H32N4O3/c1-14(2)17(24(19(26)27)20(3,4)5)18(25)23-12-9-15(10-13-23)22-16-8-6-7-11-21-16/h6-8,11,14-15,17H,9-10,12-13H2,1-5H3,(H,21,22)(H,26,27)/t17-/m0/s1. The van der Waals surface area contributed by atoms with Gasteiger partial charge in [-0.25, -0.2) is 9.78 Å². The van der Waals surface area contributed by atoms with Gasteiger partial charge in [0, 0.05) is 30.9 Å². The fourth-order valence-electron chi connectivity index (χ4n) is 3.61. The van der Waals surface area contributed by atoms with Crippen molar-refractivity contribution in [3.63, 3.8) is 0 Å². The minimum Gasteiger partial charge on any atom is -0.465 e. The summed E-state index contributed by atoms with van der Waals surface area (Å²) in [4.78, 5) is 32.5. The molecule has 1 aliphatic heterocycles. The van der Waals surface area contributed by atoms with E-state index in [1.807, 2.05) is 57.7 Å². The summed E-state index contributed by atoms with van der Waals surface area (Å²) >= 11 is 0. The Balaban J connectivity index is 2.04. The number of piperidine rings is 1. The van der Waals surface area contributed by atoms with Gasteiger partial charge in [-0.15, -0.1) is 0 Å². The van der Waals surface area contributed by atoms with Crippen LogP contribution < -0.4 is 5.32 Å². The van der Waals surface area contributed by atoms with Crippen LogP contribution in [0.15, 0.2) is 24.4 Å². The van der Waals surface area contributed by atoms with Crippen LogP contribution in [0.4, 0.5) is 10.6 Å². The summed E-state index contributed by atoms with van der Waals surface area (Å²) in [6, 6.07) is 5.33. The van der Waals surface area contributed by atoms with Crippen molar-refractivity contribution in [3.05, 3.63) is 24.4 Å². The molecule has 7 nitrogen and oxygen atoms in total. The van der Waals surface area contributed by atoms with E-state index >= 15 is 0 Å². The number of hydrogen-bond acceptors (Lipinski definition) is 4. The van der Waals surface area contributed by atoms with Crippen molar-refractivity contribution in [2.45, 2.75) is 65.1 Å². The number of carbonyl (C=O) groups is 2. The summed E-state index contributed by atoms with van der Waals surface area (Å²) in [5, 5.41) is 13.1. The number of carboxylic acid groups (broad SMARTS) is 1. The van der Waals surface area contributed by atoms with Gasteiger partial charge in [0.1, 0.15) is 11.9 Å². The molecule has 0 unspecified atom stereocenters. The maximum Gasteiger partial charge on any atom is 0.408 e. The molecule has 150 valence electrons. The SMILES string of the molecule is CC(C)[C@@H](C(=O)N1CCC(Nc2ccccn2)CC1)N(C(=O)O)C(C)(C)C. The summed E-state index contributed by atoms with van der Waals surface area (Å²) in [6.45, 7) is 10.5. The van der Waals surface area contributed by atoms with Gasteiger partial charge in [0.15, 0.2) is 0 Å². The molecule has 1 saturated heterocycles. The number of amides is 2. The monoisotopic (exact) mass is 376 g/mol. The van der Waals surface area contributed by atoms with Gasteiger partial charge in [0.2, 0.25) is 5.91 Å². The van der Waals surface area contributed by atoms with Gasteiger partial charge in [0.05, 0.1) is 0 Å². The maximum absolute atomic E-state index is 13.2. The van der Waals surface area contributed by atoms with E-state index < -0.39 is 17.7 Å². The number of aromatic nitrogens is 1. The number of anilines is 1. The van der Waals surface area contributed by atoms with Crippen LogP contribution in [0.1, 0.15) is 47.5 Å². The van der Waals surface area contributed by atoms with Crippen LogP contribution in [-0.2, 0) is 4.79 Å². The second kappa shape index (κ2) is 8.59. The third-order valence-corrected chi connectivity index (χ3v) is 4.91. The summed E-state index contributed by atoms with van der Waals surface area (Å²) in [5.74, 6) is 0.642. The number of carbonyl (C=O) groups excluding carboxylic acids is 1. The van der Waals surface area contributed by atoms with Crippen molar-refractivity contribution < 1.29 is 14.7 Å². The lowest BCUT2D eigenvalue weighted by atomic mass is 9.94. The highest BCUT2D eigenvalue weighted by atomic mass is 16.4. The molecule has 0 aromatic carbocycles. The molecule has 1 aromatic rings. The average molecular weight is 377 g/mol. The van der Waals surface area contributed by atoms with Crippen molar-refractivity contribution in [2.24, 2.45) is 5.92 Å². The van der Waals surface area contributed by atoms with Crippen molar-refractivity contribution >= 4 is 17.8 Å². The van der Waals surface area contributed by atoms with Crippen LogP contribution in [-0.4, -0.2) is 62.6 Å². The molecule has 2 N–H and O–H groups in total. The smallest absolute Gasteiger partial charge is 0.408 e. The van der Waals surface area contributed by atoms with Gasteiger partial charge >= 0.3 is 6.09 Å². The quantitative estimate of drug-likeness (QED) is 0.824. The molecule has 27 heavy (non-hydrogen) atoms. The Bertz CT molecular complexity index is 634. The zero-order chi connectivity index (χ0) is 20.2. The third-order valence-electron chi connectivity index (χ3n) is 4.91. The van der Waals surface area contributed by atoms with Crippen molar-refractivity contribution in [1.82, 2.24) is 14.8 Å². The number of nitrogens with one attached hydrogen (secondary N) is 1. The number of rotatable bonds is 5. The lowest BCUT2D eigenvalue weighted by Gasteiger charge is -2.43. The van der Waals surface area contributed by atoms with Crippen LogP contribution in [0.3, 0.4) is 0 Å². The summed E-state index contributed by atoms with van der Waals surface area (Å²) in [5.41, 5.74) is -0.644. The van der Waals surface area contributed by atoms with Gasteiger partial charge < -0.3 is 15.3 Å². The molecule has 2 heterocycles. The molecule has 1 fully saturated rings. The molecular formula is C20H32N4O3. The highest BCUT2D eigenvalue weighted by Gasteiger charge is 2.41. The third kappa shape index (κ3) is 5.34. The van der Waals surface area contributed by atoms with E-state index in [0.717, 1.165) is 18.7 Å². The molecule has 2 rings (SSSR count). The van der Waals surface area contributed by atoms with E-state index in [0.29, 0.717) is 13.1 Å². The topological polar surface area (TPSA) is 85.8 Å². The second-order valence-electron chi connectivity index (χ2n) is 8.47. The fraction of sp³-hybridized carbons (Fsp3) is 0.650. The van der Waals surface area contributed by atoms with Gasteiger partial charge in [-0.1, -0.05) is 19.9 Å². The molecule has 0 saturated carbocycles. The first-order chi connectivity index (χ1) is 12.6. The van der Waals surface area contributed by atoms with E-state index in [9.17, 15) is 14.7 Å². The Labute approximate surface area is 161 Å². The lowest BCUT2D eigenvalue weighted by Crippen LogP contribution is -2.60. The Kier molecular flexibility index (Phi) is 6.68. The number of pyridine rings is 1. The molecule has 0 aliphatic carbocycles. The maximum atomic E-state index is 13.2. The van der Waals surface area contributed by atoms with Crippen LogP contribution in [0, 0.1) is 5.92 Å². The van der Waals surface area contributed by atoms with Crippen LogP contribution in [0.5, 0.6) is 0 Å². The zero-order valence-corrected chi connectivity index (χ0v) is 17.0. The molecule has 7 heteroatoms. The Morgan fingerprint density at radius 3 is 2.33 bits per heavy atom. The van der Waals surface area contributed by atoms with Gasteiger partial charge in [-0.2, -0.15) is 0 Å². The summed E-state index contributed by atoms with van der Waals surface area (Å²) < 4.78 is 0. The van der Waals surface area contributed by atoms with E-state index in [4.69, 9.17) is 0 Å². The first kappa shape index (κ1) is 21.0. The Morgan fingerprint density at radius 1 is 1.26 bits per heavy atom. The molecule has 1 aliphatic rings. The molecular weight excluding hydrogens is 344 g/mol. The van der Waals surface area contributed by atoms with Gasteiger partial charge in [-0.3, -0.25) is 9.69 Å². The largest absolute Gasteiger partial charge is 0.465 e. The lowest BCUT2D eigenvalue weighted by molar-refractivity contribution is -0.141. The molecule has 2 amide bonds. The van der Waals surface area contributed by atoms with Crippen molar-refractivity contribution in [2.75, 3.05) is 18.4 Å². The molecule has 1 atom stereocenters. The Morgan fingerprint density at radius 2 is 1.89 bits per heavy atom. The van der Waals surface area contributed by atoms with E-state index in [2.05, 4.69) is 10.3 Å². The number of nitrogens with zero attached hydrogens (tertiary/aromatic N) is 3. The van der Waals surface area contributed by atoms with Gasteiger partial charge in [-0.05, 0) is 51.7 Å². The van der Waals surface area contributed by atoms with Crippen LogP contribution in [0.25, 0.3) is 0 Å². The summed E-state index contributed by atoms with van der Waals surface area (Å²) in [7, 11) is 0. The first-order valence-electron chi connectivity index (χ1n) is 9.60. The number of likely N-dealkylation sites (tertiary alicyclic amines) is 1.